The Morgan fingerprint density at radius 2 is 1.67 bits per heavy atom. The second-order valence-corrected chi connectivity index (χ2v) is 8.91. The number of hydrogen-bond donors (Lipinski definition) is 1. The maximum absolute atomic E-state index is 13.1. The van der Waals surface area contributed by atoms with Gasteiger partial charge in [0.25, 0.3) is 10.0 Å². The third-order valence-electron chi connectivity index (χ3n) is 4.48. The number of hydrogen-bond acceptors (Lipinski definition) is 3. The molecule has 8 heteroatoms. The molecule has 0 aromatic heterocycles. The van der Waals surface area contributed by atoms with E-state index in [0.29, 0.717) is 26.8 Å². The van der Waals surface area contributed by atoms with Crippen molar-refractivity contribution < 1.29 is 13.2 Å². The maximum Gasteiger partial charge on any atom is 0.265 e. The number of carbonyl (C=O) groups is 1. The average molecular weight is 421 g/mol. The van der Waals surface area contributed by atoms with Crippen molar-refractivity contribution in [2.24, 2.45) is 0 Å². The van der Waals surface area contributed by atoms with E-state index in [-0.39, 0.29) is 4.90 Å². The maximum atomic E-state index is 13.1. The van der Waals surface area contributed by atoms with Gasteiger partial charge in [0.2, 0.25) is 5.91 Å². The first kappa shape index (κ1) is 18.1. The fourth-order valence-corrected chi connectivity index (χ4v) is 5.71. The van der Waals surface area contributed by atoms with Crippen molar-refractivity contribution in [3.63, 3.8) is 0 Å². The van der Waals surface area contributed by atoms with E-state index in [9.17, 15) is 13.2 Å². The smallest absolute Gasteiger partial charge is 0.265 e. The molecule has 0 unspecified atom stereocenters. The fourth-order valence-electron chi connectivity index (χ4n) is 3.32. The fraction of sp³-hybridized carbons (Fsp3) is 0.105. The van der Waals surface area contributed by atoms with Gasteiger partial charge in [-0.05, 0) is 42.6 Å². The molecular formula is C19H14Cl2N2O3S. The summed E-state index contributed by atoms with van der Waals surface area (Å²) in [4.78, 5) is 13.0. The van der Waals surface area contributed by atoms with E-state index < -0.39 is 22.0 Å². The molecule has 3 aromatic carbocycles. The monoisotopic (exact) mass is 420 g/mol. The highest BCUT2D eigenvalue weighted by atomic mass is 35.5. The lowest BCUT2D eigenvalue weighted by molar-refractivity contribution is -0.116. The molecule has 0 radical (unpaired) electrons. The van der Waals surface area contributed by atoms with Crippen molar-refractivity contribution in [1.29, 1.82) is 0 Å². The largest absolute Gasteiger partial charge is 0.324 e. The molecule has 1 amide bonds. The molecule has 1 N–H and O–H groups in total. The standard InChI is InChI=1S/C19H14Cl2N2O3S/c1-11(19(24)22-15-9-13(20)8-14(21)10-15)23-16-6-2-4-12-5-3-7-17(18(12)16)27(23,25)26/h2-11H,1H3,(H,22,24)/t11-/m1/s1. The molecule has 4 rings (SSSR count). The quantitative estimate of drug-likeness (QED) is 0.668. The first-order valence-electron chi connectivity index (χ1n) is 8.12. The number of anilines is 2. The van der Waals surface area contributed by atoms with E-state index in [4.69, 9.17) is 23.2 Å². The van der Waals surface area contributed by atoms with Crippen LogP contribution in [0.4, 0.5) is 11.4 Å². The summed E-state index contributed by atoms with van der Waals surface area (Å²) < 4.78 is 27.3. The number of sulfonamides is 1. The third kappa shape index (κ3) is 2.94. The summed E-state index contributed by atoms with van der Waals surface area (Å²) in [6.07, 6.45) is 0. The second kappa shape index (κ2) is 6.41. The Kier molecular flexibility index (Phi) is 4.29. The molecule has 27 heavy (non-hydrogen) atoms. The van der Waals surface area contributed by atoms with Crippen LogP contribution in [-0.4, -0.2) is 20.4 Å². The Hall–Kier alpha value is -2.28. The number of carbonyl (C=O) groups excluding carboxylic acids is 1. The van der Waals surface area contributed by atoms with Gasteiger partial charge >= 0.3 is 0 Å². The van der Waals surface area contributed by atoms with Crippen LogP contribution in [0, 0.1) is 0 Å². The number of nitrogens with zero attached hydrogens (tertiary/aromatic N) is 1. The Labute approximate surface area is 166 Å². The van der Waals surface area contributed by atoms with Crippen LogP contribution in [0.15, 0.2) is 59.5 Å². The molecule has 0 aliphatic carbocycles. The van der Waals surface area contributed by atoms with E-state index in [1.165, 1.54) is 0 Å². The zero-order valence-corrected chi connectivity index (χ0v) is 16.4. The van der Waals surface area contributed by atoms with Crippen molar-refractivity contribution in [3.05, 3.63) is 64.6 Å². The zero-order chi connectivity index (χ0) is 19.3. The lowest BCUT2D eigenvalue weighted by Crippen LogP contribution is -2.43. The normalized spacial score (nSPS) is 15.7. The first-order chi connectivity index (χ1) is 12.8. The molecule has 1 aliphatic heterocycles. The predicted molar refractivity (Wildman–Crippen MR) is 108 cm³/mol. The van der Waals surface area contributed by atoms with Crippen LogP contribution < -0.4 is 9.62 Å². The van der Waals surface area contributed by atoms with Gasteiger partial charge in [0, 0.05) is 21.1 Å². The second-order valence-electron chi connectivity index (χ2n) is 6.26. The van der Waals surface area contributed by atoms with Crippen LogP contribution in [0.25, 0.3) is 10.8 Å². The van der Waals surface area contributed by atoms with Gasteiger partial charge in [-0.2, -0.15) is 0 Å². The van der Waals surface area contributed by atoms with Crippen LogP contribution in [0.2, 0.25) is 10.0 Å². The van der Waals surface area contributed by atoms with Crippen LogP contribution in [-0.2, 0) is 14.8 Å². The topological polar surface area (TPSA) is 66.5 Å². The van der Waals surface area contributed by atoms with E-state index in [1.54, 1.807) is 49.4 Å². The van der Waals surface area contributed by atoms with Gasteiger partial charge in [0.1, 0.15) is 6.04 Å². The number of amides is 1. The van der Waals surface area contributed by atoms with Gasteiger partial charge in [0.05, 0.1) is 10.6 Å². The van der Waals surface area contributed by atoms with Gasteiger partial charge in [-0.1, -0.05) is 47.5 Å². The van der Waals surface area contributed by atoms with Crippen molar-refractivity contribution in [1.82, 2.24) is 0 Å². The Bertz CT molecular complexity index is 1170. The highest BCUT2D eigenvalue weighted by Gasteiger charge is 2.40. The lowest BCUT2D eigenvalue weighted by Gasteiger charge is -2.25. The first-order valence-corrected chi connectivity index (χ1v) is 10.3. The summed E-state index contributed by atoms with van der Waals surface area (Å²) in [5.41, 5.74) is 0.895. The molecule has 5 nitrogen and oxygen atoms in total. The Balaban J connectivity index is 1.73. The molecular weight excluding hydrogens is 407 g/mol. The van der Waals surface area contributed by atoms with Gasteiger partial charge in [0.15, 0.2) is 0 Å². The number of halogens is 2. The minimum Gasteiger partial charge on any atom is -0.324 e. The highest BCUT2D eigenvalue weighted by Crippen LogP contribution is 2.43. The van der Waals surface area contributed by atoms with Crippen LogP contribution in [0.1, 0.15) is 6.92 Å². The average Bonchev–Trinajstić information content (AvgIpc) is 2.82. The van der Waals surface area contributed by atoms with Crippen molar-refractivity contribution in [2.75, 3.05) is 9.62 Å². The molecule has 138 valence electrons. The summed E-state index contributed by atoms with van der Waals surface area (Å²) >= 11 is 11.9. The predicted octanol–water partition coefficient (Wildman–Crippen LogP) is 4.68. The Morgan fingerprint density at radius 3 is 2.33 bits per heavy atom. The van der Waals surface area contributed by atoms with Crippen molar-refractivity contribution in [3.8, 4) is 0 Å². The van der Waals surface area contributed by atoms with E-state index >= 15 is 0 Å². The molecule has 0 saturated heterocycles. The zero-order valence-electron chi connectivity index (χ0n) is 14.1. The number of nitrogens with one attached hydrogen (secondary N) is 1. The van der Waals surface area contributed by atoms with Gasteiger partial charge in [-0.3, -0.25) is 9.10 Å². The summed E-state index contributed by atoms with van der Waals surface area (Å²) in [6.45, 7) is 1.55. The van der Waals surface area contributed by atoms with Gasteiger partial charge in [-0.25, -0.2) is 8.42 Å². The Morgan fingerprint density at radius 1 is 1.04 bits per heavy atom. The molecule has 0 bridgehead atoms. The summed E-state index contributed by atoms with van der Waals surface area (Å²) in [5, 5.41) is 4.87. The highest BCUT2D eigenvalue weighted by molar-refractivity contribution is 7.93. The van der Waals surface area contributed by atoms with Gasteiger partial charge < -0.3 is 5.32 Å². The van der Waals surface area contributed by atoms with Crippen LogP contribution in [0.5, 0.6) is 0 Å². The van der Waals surface area contributed by atoms with Crippen molar-refractivity contribution in [2.45, 2.75) is 17.9 Å². The third-order valence-corrected chi connectivity index (χ3v) is 6.84. The summed E-state index contributed by atoms with van der Waals surface area (Å²) in [5.74, 6) is -0.485. The number of rotatable bonds is 3. The summed E-state index contributed by atoms with van der Waals surface area (Å²) in [6, 6.07) is 14.1. The lowest BCUT2D eigenvalue weighted by atomic mass is 10.1. The van der Waals surface area contributed by atoms with Crippen molar-refractivity contribution >= 4 is 61.3 Å². The van der Waals surface area contributed by atoms with E-state index in [0.717, 1.165) is 9.69 Å². The molecule has 1 heterocycles. The van der Waals surface area contributed by atoms with E-state index in [2.05, 4.69) is 5.32 Å². The SMILES string of the molecule is C[C@H](C(=O)Nc1cc(Cl)cc(Cl)c1)N1c2cccc3cccc(c23)S1(=O)=O. The molecule has 1 atom stereocenters. The van der Waals surface area contributed by atoms with Crippen LogP contribution >= 0.6 is 23.2 Å². The molecule has 3 aromatic rings. The minimum absolute atomic E-state index is 0.209. The summed E-state index contributed by atoms with van der Waals surface area (Å²) in [7, 11) is -3.83. The minimum atomic E-state index is -3.83. The molecule has 1 aliphatic rings. The molecule has 0 spiro atoms. The molecule has 0 saturated carbocycles. The molecule has 0 fully saturated rings. The van der Waals surface area contributed by atoms with Gasteiger partial charge in [-0.15, -0.1) is 0 Å². The van der Waals surface area contributed by atoms with Crippen LogP contribution in [0.3, 0.4) is 0 Å². The van der Waals surface area contributed by atoms with E-state index in [1.807, 2.05) is 12.1 Å². The number of benzene rings is 3.